The molecule has 0 spiro atoms. The topological polar surface area (TPSA) is 220 Å². The van der Waals surface area contributed by atoms with Crippen molar-refractivity contribution in [3.05, 3.63) is 0 Å². The highest BCUT2D eigenvalue weighted by atomic mass is 16.8. The largest absolute Gasteiger partial charge is 0.463 e. The lowest BCUT2D eigenvalue weighted by atomic mass is 9.95. The van der Waals surface area contributed by atoms with E-state index in [-0.39, 0.29) is 13.0 Å². The zero-order chi connectivity index (χ0) is 31.4. The first-order chi connectivity index (χ1) is 19.2. The van der Waals surface area contributed by atoms with E-state index in [0.29, 0.717) is 0 Å². The maximum absolute atomic E-state index is 11.9. The number of esters is 5. The molecule has 2 fully saturated rings. The maximum Gasteiger partial charge on any atom is 0.303 e. The number of hydrogen-bond donors (Lipinski definition) is 3. The van der Waals surface area contributed by atoms with Gasteiger partial charge in [0.15, 0.2) is 37.0 Å². The van der Waals surface area contributed by atoms with Gasteiger partial charge in [-0.05, 0) is 13.3 Å². The predicted octanol–water partition coefficient (Wildman–Crippen LogP) is -1.13. The van der Waals surface area contributed by atoms with Crippen LogP contribution in [0.2, 0.25) is 0 Å². The second kappa shape index (κ2) is 17.2. The summed E-state index contributed by atoms with van der Waals surface area (Å²) < 4.78 is 43.3. The minimum atomic E-state index is -1.68. The lowest BCUT2D eigenvalue weighted by molar-refractivity contribution is -0.355. The molecule has 2 aliphatic rings. The van der Waals surface area contributed by atoms with Crippen molar-refractivity contribution in [3.8, 4) is 0 Å². The number of carbonyl (C=O) groups is 5. The van der Waals surface area contributed by atoms with Crippen LogP contribution in [0.1, 0.15) is 54.9 Å². The van der Waals surface area contributed by atoms with Crippen molar-refractivity contribution in [3.63, 3.8) is 0 Å². The molecule has 0 amide bonds. The first-order valence-electron chi connectivity index (χ1n) is 12.9. The van der Waals surface area contributed by atoms with Crippen molar-refractivity contribution in [2.45, 2.75) is 116 Å². The minimum absolute atomic E-state index is 0.199. The molecule has 2 saturated heterocycles. The molecular weight excluding hydrogens is 556 g/mol. The zero-order valence-corrected chi connectivity index (χ0v) is 24.0. The van der Waals surface area contributed by atoms with E-state index in [9.17, 15) is 34.2 Å². The summed E-state index contributed by atoms with van der Waals surface area (Å²) in [6.07, 6.45) is -14.3. The number of rotatable bonds is 9. The van der Waals surface area contributed by atoms with Crippen LogP contribution in [-0.4, -0.2) is 120 Å². The molecule has 236 valence electrons. The average Bonchev–Trinajstić information content (AvgIpc) is 2.85. The smallest absolute Gasteiger partial charge is 0.303 e. The molecule has 0 aromatic carbocycles. The van der Waals surface area contributed by atoms with Crippen LogP contribution in [0.15, 0.2) is 0 Å². The van der Waals surface area contributed by atoms with Crippen LogP contribution in [0.5, 0.6) is 0 Å². The number of aliphatic hydroxyl groups excluding tert-OH is 3. The fourth-order valence-corrected chi connectivity index (χ4v) is 4.17. The van der Waals surface area contributed by atoms with E-state index < -0.39 is 97.9 Å². The minimum Gasteiger partial charge on any atom is -0.463 e. The van der Waals surface area contributed by atoms with E-state index in [2.05, 4.69) is 0 Å². The summed E-state index contributed by atoms with van der Waals surface area (Å²) in [5.74, 6) is -3.97. The molecule has 0 bridgehead atoms. The Morgan fingerprint density at radius 1 is 0.634 bits per heavy atom. The fraction of sp³-hybridized carbons (Fsp3) is 0.800. The van der Waals surface area contributed by atoms with Crippen LogP contribution >= 0.6 is 0 Å². The third-order valence-electron chi connectivity index (χ3n) is 5.58. The Morgan fingerprint density at radius 3 is 1.56 bits per heavy atom. The number of carbonyl (C=O) groups excluding carboxylic acids is 5. The van der Waals surface area contributed by atoms with E-state index in [0.717, 1.165) is 34.6 Å². The summed E-state index contributed by atoms with van der Waals surface area (Å²) in [6, 6.07) is 0. The van der Waals surface area contributed by atoms with Gasteiger partial charge in [-0.25, -0.2) is 0 Å². The van der Waals surface area contributed by atoms with Crippen molar-refractivity contribution in [1.29, 1.82) is 0 Å². The molecule has 4 unspecified atom stereocenters. The molecule has 41 heavy (non-hydrogen) atoms. The third-order valence-corrected chi connectivity index (χ3v) is 5.58. The van der Waals surface area contributed by atoms with Gasteiger partial charge >= 0.3 is 29.8 Å². The summed E-state index contributed by atoms with van der Waals surface area (Å²) in [5.41, 5.74) is 0. The highest BCUT2D eigenvalue weighted by Gasteiger charge is 2.55. The lowest BCUT2D eigenvalue weighted by Gasteiger charge is -2.47. The number of hydrogen-bond acceptors (Lipinski definition) is 16. The maximum atomic E-state index is 11.9. The summed E-state index contributed by atoms with van der Waals surface area (Å²) in [5, 5.41) is 28.8. The Bertz CT molecular complexity index is 893. The van der Waals surface area contributed by atoms with Crippen molar-refractivity contribution >= 4 is 29.8 Å². The Kier molecular flexibility index (Phi) is 15.1. The summed E-state index contributed by atoms with van der Waals surface area (Å²) in [6.45, 7) is 8.53. The summed E-state index contributed by atoms with van der Waals surface area (Å²) in [4.78, 5) is 58.7. The average molecular weight is 597 g/mol. The van der Waals surface area contributed by atoms with Crippen molar-refractivity contribution in [2.24, 2.45) is 0 Å². The number of aliphatic hydroxyl groups is 3. The van der Waals surface area contributed by atoms with E-state index in [1.165, 1.54) is 0 Å². The van der Waals surface area contributed by atoms with Crippen LogP contribution in [0.4, 0.5) is 0 Å². The molecule has 0 aromatic rings. The first-order valence-corrected chi connectivity index (χ1v) is 12.9. The first kappa shape index (κ1) is 36.1. The van der Waals surface area contributed by atoms with Crippen molar-refractivity contribution in [2.75, 3.05) is 13.2 Å². The van der Waals surface area contributed by atoms with Crippen molar-refractivity contribution < 1.29 is 77.2 Å². The van der Waals surface area contributed by atoms with Gasteiger partial charge in [0.25, 0.3) is 0 Å². The molecule has 10 atom stereocenters. The quantitative estimate of drug-likeness (QED) is 0.212. The van der Waals surface area contributed by atoms with E-state index in [4.69, 9.17) is 43.0 Å². The second-order valence-corrected chi connectivity index (χ2v) is 9.02. The molecular formula is C25H40O16. The molecule has 16 nitrogen and oxygen atoms in total. The normalized spacial score (nSPS) is 32.8. The van der Waals surface area contributed by atoms with Crippen LogP contribution in [0, 0.1) is 0 Å². The Labute approximate surface area is 237 Å². The predicted molar refractivity (Wildman–Crippen MR) is 132 cm³/mol. The van der Waals surface area contributed by atoms with Crippen LogP contribution in [-0.2, 0) is 61.9 Å². The lowest BCUT2D eigenvalue weighted by Crippen LogP contribution is -2.66. The van der Waals surface area contributed by atoms with E-state index >= 15 is 0 Å². The second-order valence-electron chi connectivity index (χ2n) is 9.02. The van der Waals surface area contributed by atoms with E-state index in [1.807, 2.05) is 0 Å². The van der Waals surface area contributed by atoms with Gasteiger partial charge in [-0.1, -0.05) is 6.92 Å². The van der Waals surface area contributed by atoms with Gasteiger partial charge in [0, 0.05) is 41.2 Å². The van der Waals surface area contributed by atoms with E-state index in [1.54, 1.807) is 13.8 Å². The van der Waals surface area contributed by atoms with Gasteiger partial charge in [-0.3, -0.25) is 24.0 Å². The third kappa shape index (κ3) is 11.1. The molecule has 0 saturated carbocycles. The Hall–Kier alpha value is -2.89. The Morgan fingerprint density at radius 2 is 1.10 bits per heavy atom. The molecule has 0 aliphatic carbocycles. The highest BCUT2D eigenvalue weighted by molar-refractivity contribution is 5.68. The van der Waals surface area contributed by atoms with Crippen LogP contribution in [0.25, 0.3) is 0 Å². The van der Waals surface area contributed by atoms with Crippen molar-refractivity contribution in [1.82, 2.24) is 0 Å². The summed E-state index contributed by atoms with van der Waals surface area (Å²) >= 11 is 0. The van der Waals surface area contributed by atoms with Gasteiger partial charge in [0.1, 0.15) is 24.9 Å². The van der Waals surface area contributed by atoms with Gasteiger partial charge < -0.3 is 53.2 Å². The molecule has 16 heteroatoms. The summed E-state index contributed by atoms with van der Waals surface area (Å²) in [7, 11) is 0. The fourth-order valence-electron chi connectivity index (χ4n) is 4.17. The van der Waals surface area contributed by atoms with Crippen LogP contribution < -0.4 is 0 Å². The van der Waals surface area contributed by atoms with Crippen LogP contribution in [0.3, 0.4) is 0 Å². The molecule has 0 aromatic heterocycles. The van der Waals surface area contributed by atoms with Gasteiger partial charge in [0.05, 0.1) is 6.10 Å². The molecule has 2 rings (SSSR count). The SMILES string of the molecule is CCC1O[C@H](O)C(OC(C)=O)[C@@H](OC(C)=O)[C@@H]1O[C@@H]1OC(COC(C)=O)[C@@H](O)[C@H](OC(C)=O)C1OC(C)=O.CCO. The zero-order valence-electron chi connectivity index (χ0n) is 24.0. The molecule has 0 radical (unpaired) electrons. The molecule has 2 aliphatic heterocycles. The van der Waals surface area contributed by atoms with Gasteiger partial charge in [-0.2, -0.15) is 0 Å². The molecule has 3 N–H and O–H groups in total. The Balaban J connectivity index is 0.00000268. The standard InChI is InChI=1S/C23H34O15.C2H6O/c1-7-14-17(19(33-11(4)26)20(22(30)36-14)34-12(5)27)38-23-21(35-13(6)28)18(32-10(3)25)16(29)15(37-23)8-31-9(2)24;1-2-3/h14-23,29-30H,7-8H2,1-6H3;3H,2H2,1H3/t14?,15?,16-,17-,18+,19+,20?,21?,22+,23+;/m1./s1. The van der Waals surface area contributed by atoms with Gasteiger partial charge in [-0.15, -0.1) is 0 Å². The monoisotopic (exact) mass is 596 g/mol. The molecule has 2 heterocycles. The number of ether oxygens (including phenoxy) is 8. The highest BCUT2D eigenvalue weighted by Crippen LogP contribution is 2.34. The van der Waals surface area contributed by atoms with Gasteiger partial charge in [0.2, 0.25) is 0 Å².